The number of amides is 2. The number of nitrogens with one attached hydrogen (secondary N) is 1. The molecule has 1 saturated heterocycles. The number of alkyl carbamates (subject to hydrolysis) is 1. The lowest BCUT2D eigenvalue weighted by atomic mass is 10.0. The van der Waals surface area contributed by atoms with Gasteiger partial charge in [0.05, 0.1) is 18.1 Å². The fraction of sp³-hybridized carbons (Fsp3) is 0.556. The van der Waals surface area contributed by atoms with Crippen molar-refractivity contribution in [3.05, 3.63) is 39.9 Å². The van der Waals surface area contributed by atoms with Crippen LogP contribution in [0.2, 0.25) is 0 Å². The largest absolute Gasteiger partial charge is 0.444 e. The zero-order chi connectivity index (χ0) is 20.0. The highest BCUT2D eigenvalue weighted by Crippen LogP contribution is 2.15. The van der Waals surface area contributed by atoms with E-state index in [-0.39, 0.29) is 18.0 Å². The third kappa shape index (κ3) is 6.52. The first-order valence-electron chi connectivity index (χ1n) is 8.75. The minimum absolute atomic E-state index is 0.0325. The summed E-state index contributed by atoms with van der Waals surface area (Å²) >= 11 is 0. The molecule has 1 heterocycles. The maximum atomic E-state index is 12.9. The number of nitrogens with zero attached hydrogens (tertiary/aromatic N) is 2. The summed E-state index contributed by atoms with van der Waals surface area (Å²) in [6, 6.07) is 5.07. The van der Waals surface area contributed by atoms with Crippen LogP contribution in [0.15, 0.2) is 24.3 Å². The molecule has 0 unspecified atom stereocenters. The Labute approximate surface area is 157 Å². The Hall–Kier alpha value is -2.68. The Morgan fingerprint density at radius 2 is 1.85 bits per heavy atom. The molecule has 0 aromatic heterocycles. The van der Waals surface area contributed by atoms with Gasteiger partial charge in [0.15, 0.2) is 0 Å². The molecule has 1 fully saturated rings. The first-order valence-corrected chi connectivity index (χ1v) is 8.75. The van der Waals surface area contributed by atoms with E-state index in [1.54, 1.807) is 37.8 Å². The van der Waals surface area contributed by atoms with Gasteiger partial charge >= 0.3 is 6.09 Å². The lowest BCUT2D eigenvalue weighted by molar-refractivity contribution is -0.384. The summed E-state index contributed by atoms with van der Waals surface area (Å²) < 4.78 is 10.5. The number of hydrogen-bond acceptors (Lipinski definition) is 6. The van der Waals surface area contributed by atoms with Gasteiger partial charge in [0.1, 0.15) is 11.6 Å². The summed E-state index contributed by atoms with van der Waals surface area (Å²) in [7, 11) is 0. The molecule has 2 amide bonds. The number of morpholine rings is 1. The van der Waals surface area contributed by atoms with Crippen LogP contribution in [0.5, 0.6) is 0 Å². The van der Waals surface area contributed by atoms with E-state index >= 15 is 0 Å². The van der Waals surface area contributed by atoms with Gasteiger partial charge in [-0.3, -0.25) is 14.9 Å². The second-order valence-electron chi connectivity index (χ2n) is 7.26. The summed E-state index contributed by atoms with van der Waals surface area (Å²) in [4.78, 5) is 37.0. The quantitative estimate of drug-likeness (QED) is 0.618. The summed E-state index contributed by atoms with van der Waals surface area (Å²) in [6.45, 7) is 7.01. The van der Waals surface area contributed by atoms with Crippen molar-refractivity contribution in [2.24, 2.45) is 0 Å². The molecule has 0 spiro atoms. The Kier molecular flexibility index (Phi) is 6.73. The third-order valence-corrected chi connectivity index (χ3v) is 3.90. The van der Waals surface area contributed by atoms with Gasteiger partial charge < -0.3 is 19.7 Å². The van der Waals surface area contributed by atoms with Crippen molar-refractivity contribution in [3.63, 3.8) is 0 Å². The van der Waals surface area contributed by atoms with E-state index in [9.17, 15) is 19.7 Å². The third-order valence-electron chi connectivity index (χ3n) is 3.90. The van der Waals surface area contributed by atoms with Crippen LogP contribution in [0.25, 0.3) is 0 Å². The predicted octanol–water partition coefficient (Wildman–Crippen LogP) is 1.89. The molecule has 0 saturated carbocycles. The molecule has 9 heteroatoms. The lowest BCUT2D eigenvalue weighted by Crippen LogP contribution is -2.53. The number of benzene rings is 1. The zero-order valence-corrected chi connectivity index (χ0v) is 15.8. The molecule has 1 aromatic rings. The van der Waals surface area contributed by atoms with Crippen LogP contribution < -0.4 is 5.32 Å². The second kappa shape index (κ2) is 8.81. The fourth-order valence-electron chi connectivity index (χ4n) is 2.64. The van der Waals surface area contributed by atoms with Gasteiger partial charge in [0.2, 0.25) is 5.91 Å². The van der Waals surface area contributed by atoms with Crippen LogP contribution in [-0.4, -0.2) is 59.8 Å². The second-order valence-corrected chi connectivity index (χ2v) is 7.26. The van der Waals surface area contributed by atoms with Crippen molar-refractivity contribution in [1.82, 2.24) is 10.2 Å². The molecule has 1 aliphatic heterocycles. The van der Waals surface area contributed by atoms with E-state index in [0.29, 0.717) is 31.9 Å². The Balaban J connectivity index is 2.13. The first-order chi connectivity index (χ1) is 12.7. The smallest absolute Gasteiger partial charge is 0.408 e. The van der Waals surface area contributed by atoms with Crippen LogP contribution in [0, 0.1) is 10.1 Å². The van der Waals surface area contributed by atoms with E-state index < -0.39 is 22.7 Å². The summed E-state index contributed by atoms with van der Waals surface area (Å²) in [5, 5.41) is 13.4. The summed E-state index contributed by atoms with van der Waals surface area (Å²) in [5.41, 5.74) is -0.0255. The van der Waals surface area contributed by atoms with Gasteiger partial charge in [-0.05, 0) is 26.3 Å². The average Bonchev–Trinajstić information content (AvgIpc) is 2.60. The van der Waals surface area contributed by atoms with E-state index in [2.05, 4.69) is 5.32 Å². The minimum atomic E-state index is -0.834. The van der Waals surface area contributed by atoms with Crippen LogP contribution in [-0.2, 0) is 20.7 Å². The standard InChI is InChI=1S/C18H25N3O6/c1-18(2,3)27-17(23)19-15(16(22)20-8-10-26-11-9-20)12-13-4-6-14(7-5-13)21(24)25/h4-7,15H,8-12H2,1-3H3,(H,19,23)/t15-/m0/s1. The molecule has 0 bridgehead atoms. The topological polar surface area (TPSA) is 111 Å². The van der Waals surface area contributed by atoms with Gasteiger partial charge in [0.25, 0.3) is 5.69 Å². The van der Waals surface area contributed by atoms with Crippen LogP contribution in [0.1, 0.15) is 26.3 Å². The Bertz CT molecular complexity index is 677. The molecule has 9 nitrogen and oxygen atoms in total. The SMILES string of the molecule is CC(C)(C)OC(=O)N[C@@H](Cc1ccc([N+](=O)[O-])cc1)C(=O)N1CCOCC1. The average molecular weight is 379 g/mol. The van der Waals surface area contributed by atoms with Crippen molar-refractivity contribution in [3.8, 4) is 0 Å². The number of nitro groups is 1. The van der Waals surface area contributed by atoms with Crippen molar-refractivity contribution in [1.29, 1.82) is 0 Å². The number of carbonyl (C=O) groups excluding carboxylic acids is 2. The number of non-ortho nitro benzene ring substituents is 1. The highest BCUT2D eigenvalue weighted by atomic mass is 16.6. The zero-order valence-electron chi connectivity index (χ0n) is 15.8. The van der Waals surface area contributed by atoms with E-state index in [1.807, 2.05) is 0 Å². The molecular weight excluding hydrogens is 354 g/mol. The highest BCUT2D eigenvalue weighted by molar-refractivity contribution is 5.86. The molecular formula is C18H25N3O6. The van der Waals surface area contributed by atoms with Crippen LogP contribution in [0.3, 0.4) is 0 Å². The van der Waals surface area contributed by atoms with Gasteiger partial charge in [-0.2, -0.15) is 0 Å². The predicted molar refractivity (Wildman–Crippen MR) is 97.4 cm³/mol. The Morgan fingerprint density at radius 3 is 2.37 bits per heavy atom. The minimum Gasteiger partial charge on any atom is -0.444 e. The number of hydrogen-bond donors (Lipinski definition) is 1. The fourth-order valence-corrected chi connectivity index (χ4v) is 2.64. The molecule has 0 radical (unpaired) electrons. The number of nitro benzene ring substituents is 1. The summed E-state index contributed by atoms with van der Waals surface area (Å²) in [6.07, 6.45) is -0.482. The Morgan fingerprint density at radius 1 is 1.26 bits per heavy atom. The monoisotopic (exact) mass is 379 g/mol. The van der Waals surface area contributed by atoms with Crippen molar-refractivity contribution in [2.75, 3.05) is 26.3 Å². The van der Waals surface area contributed by atoms with E-state index in [4.69, 9.17) is 9.47 Å². The molecule has 1 atom stereocenters. The van der Waals surface area contributed by atoms with Gasteiger partial charge in [-0.25, -0.2) is 4.79 Å². The first kappa shape index (κ1) is 20.6. The summed E-state index contributed by atoms with van der Waals surface area (Å²) in [5.74, 6) is -0.234. The maximum absolute atomic E-state index is 12.9. The lowest BCUT2D eigenvalue weighted by Gasteiger charge is -2.31. The molecule has 2 rings (SSSR count). The number of ether oxygens (including phenoxy) is 2. The molecule has 27 heavy (non-hydrogen) atoms. The highest BCUT2D eigenvalue weighted by Gasteiger charge is 2.29. The van der Waals surface area contributed by atoms with Crippen molar-refractivity contribution < 1.29 is 24.0 Å². The molecule has 1 aliphatic rings. The van der Waals surface area contributed by atoms with Crippen molar-refractivity contribution >= 4 is 17.7 Å². The van der Waals surface area contributed by atoms with Gasteiger partial charge in [0, 0.05) is 31.6 Å². The molecule has 1 N–H and O–H groups in total. The van der Waals surface area contributed by atoms with Gasteiger partial charge in [-0.1, -0.05) is 12.1 Å². The molecule has 1 aromatic carbocycles. The van der Waals surface area contributed by atoms with Crippen LogP contribution in [0.4, 0.5) is 10.5 Å². The van der Waals surface area contributed by atoms with Crippen molar-refractivity contribution in [2.45, 2.75) is 38.8 Å². The normalized spacial score (nSPS) is 15.7. The maximum Gasteiger partial charge on any atom is 0.408 e. The van der Waals surface area contributed by atoms with E-state index in [0.717, 1.165) is 0 Å². The molecule has 148 valence electrons. The van der Waals surface area contributed by atoms with E-state index in [1.165, 1.54) is 12.1 Å². The number of rotatable bonds is 5. The van der Waals surface area contributed by atoms with Gasteiger partial charge in [-0.15, -0.1) is 0 Å². The number of carbonyl (C=O) groups is 2. The van der Waals surface area contributed by atoms with Crippen LogP contribution >= 0.6 is 0 Å². The molecule has 0 aliphatic carbocycles.